The zero-order valence-electron chi connectivity index (χ0n) is 13.6. The summed E-state index contributed by atoms with van der Waals surface area (Å²) in [5.41, 5.74) is 2.41. The number of H-pyrrole nitrogens is 1. The number of benzene rings is 2. The largest absolute Gasteiger partial charge is 0.443 e. The summed E-state index contributed by atoms with van der Waals surface area (Å²) in [7, 11) is 0. The second-order valence-corrected chi connectivity index (χ2v) is 6.05. The Labute approximate surface area is 150 Å². The maximum atomic E-state index is 14.0. The number of rotatable bonds is 2. The summed E-state index contributed by atoms with van der Waals surface area (Å²) in [6, 6.07) is 10.1. The van der Waals surface area contributed by atoms with Crippen molar-refractivity contribution in [3.05, 3.63) is 72.6 Å². The van der Waals surface area contributed by atoms with Crippen LogP contribution in [0.5, 0.6) is 0 Å². The van der Waals surface area contributed by atoms with E-state index in [0.717, 1.165) is 17.0 Å². The molecule has 5 rings (SSSR count). The molecule has 0 aliphatic heterocycles. The highest BCUT2D eigenvalue weighted by atomic mass is 19.2. The van der Waals surface area contributed by atoms with Crippen LogP contribution in [0.3, 0.4) is 0 Å². The second-order valence-electron chi connectivity index (χ2n) is 6.05. The first kappa shape index (κ1) is 15.6. The molecule has 0 unspecified atom stereocenters. The molecule has 132 valence electrons. The van der Waals surface area contributed by atoms with Crippen molar-refractivity contribution in [2.75, 3.05) is 0 Å². The number of oxazole rings is 1. The molecule has 1 N–H and O–H groups in total. The lowest BCUT2D eigenvalue weighted by Gasteiger charge is -2.06. The van der Waals surface area contributed by atoms with E-state index in [-0.39, 0.29) is 10.9 Å². The summed E-state index contributed by atoms with van der Waals surface area (Å²) in [5, 5.41) is 1.07. The van der Waals surface area contributed by atoms with Crippen molar-refractivity contribution in [3.63, 3.8) is 0 Å². The lowest BCUT2D eigenvalue weighted by Crippen LogP contribution is -1.92. The SMILES string of the molecule is Fc1cc2c(-c3ccc4c(-c5cnco5)cccc4n3)c[nH]c2c(F)c1F. The molecule has 2 aromatic carbocycles. The molecule has 0 saturated carbocycles. The van der Waals surface area contributed by atoms with Crippen LogP contribution in [0.2, 0.25) is 0 Å². The average molecular weight is 365 g/mol. The van der Waals surface area contributed by atoms with E-state index in [1.807, 2.05) is 24.3 Å². The summed E-state index contributed by atoms with van der Waals surface area (Å²) in [5.74, 6) is -3.38. The average Bonchev–Trinajstić information content (AvgIpc) is 3.35. The molecule has 7 heteroatoms. The predicted molar refractivity (Wildman–Crippen MR) is 94.4 cm³/mol. The zero-order valence-corrected chi connectivity index (χ0v) is 13.6. The quantitative estimate of drug-likeness (QED) is 0.423. The first-order valence-electron chi connectivity index (χ1n) is 8.07. The summed E-state index contributed by atoms with van der Waals surface area (Å²) < 4.78 is 46.5. The highest BCUT2D eigenvalue weighted by molar-refractivity contribution is 5.98. The van der Waals surface area contributed by atoms with Gasteiger partial charge >= 0.3 is 0 Å². The molecule has 0 fully saturated rings. The van der Waals surface area contributed by atoms with E-state index in [1.165, 1.54) is 12.6 Å². The van der Waals surface area contributed by atoms with Gasteiger partial charge in [-0.25, -0.2) is 23.1 Å². The van der Waals surface area contributed by atoms with Gasteiger partial charge in [-0.15, -0.1) is 0 Å². The molecule has 27 heavy (non-hydrogen) atoms. The Morgan fingerprint density at radius 1 is 0.926 bits per heavy atom. The topological polar surface area (TPSA) is 54.7 Å². The van der Waals surface area contributed by atoms with Gasteiger partial charge in [0.15, 0.2) is 29.6 Å². The van der Waals surface area contributed by atoms with Crippen molar-refractivity contribution in [2.24, 2.45) is 0 Å². The lowest BCUT2D eigenvalue weighted by molar-refractivity contribution is 0.453. The van der Waals surface area contributed by atoms with Crippen molar-refractivity contribution < 1.29 is 17.6 Å². The lowest BCUT2D eigenvalue weighted by atomic mass is 10.0. The van der Waals surface area contributed by atoms with E-state index in [2.05, 4.69) is 15.0 Å². The van der Waals surface area contributed by atoms with Gasteiger partial charge in [0.25, 0.3) is 0 Å². The van der Waals surface area contributed by atoms with E-state index in [1.54, 1.807) is 12.3 Å². The summed E-state index contributed by atoms with van der Waals surface area (Å²) in [6.45, 7) is 0. The number of nitrogens with one attached hydrogen (secondary N) is 1. The van der Waals surface area contributed by atoms with Crippen LogP contribution in [0.1, 0.15) is 0 Å². The molecule has 3 heterocycles. The number of fused-ring (bicyclic) bond motifs is 2. The molecule has 0 aliphatic carbocycles. The van der Waals surface area contributed by atoms with Crippen LogP contribution in [0.15, 0.2) is 59.6 Å². The predicted octanol–water partition coefficient (Wildman–Crippen LogP) is 5.46. The number of halogens is 3. The summed E-state index contributed by atoms with van der Waals surface area (Å²) >= 11 is 0. The summed E-state index contributed by atoms with van der Waals surface area (Å²) in [4.78, 5) is 11.2. The van der Waals surface area contributed by atoms with Crippen LogP contribution >= 0.6 is 0 Å². The molecule has 0 aliphatic rings. The summed E-state index contributed by atoms with van der Waals surface area (Å²) in [6.07, 6.45) is 4.45. The highest BCUT2D eigenvalue weighted by Gasteiger charge is 2.18. The Morgan fingerprint density at radius 2 is 1.81 bits per heavy atom. The fraction of sp³-hybridized carbons (Fsp3) is 0. The van der Waals surface area contributed by atoms with E-state index < -0.39 is 17.5 Å². The minimum absolute atomic E-state index is 0.0961. The fourth-order valence-corrected chi connectivity index (χ4v) is 3.25. The van der Waals surface area contributed by atoms with Crippen molar-refractivity contribution in [2.45, 2.75) is 0 Å². The van der Waals surface area contributed by atoms with E-state index in [9.17, 15) is 13.2 Å². The molecule has 0 saturated heterocycles. The third-order valence-corrected chi connectivity index (χ3v) is 4.52. The Bertz CT molecular complexity index is 1310. The van der Waals surface area contributed by atoms with E-state index in [0.29, 0.717) is 22.5 Å². The Hall–Kier alpha value is -3.61. The fourth-order valence-electron chi connectivity index (χ4n) is 3.25. The molecule has 0 spiro atoms. The standard InChI is InChI=1S/C20H10F3N3O/c21-14-6-12-13(7-25-20(12)19(23)18(14)22)16-5-4-10-11(17-8-24-9-27-17)2-1-3-15(10)26-16/h1-9,25H. The zero-order chi connectivity index (χ0) is 18.5. The Balaban J connectivity index is 1.72. The van der Waals surface area contributed by atoms with Gasteiger partial charge in [0.05, 0.1) is 22.9 Å². The highest BCUT2D eigenvalue weighted by Crippen LogP contribution is 2.34. The van der Waals surface area contributed by atoms with Crippen LogP contribution in [-0.2, 0) is 0 Å². The first-order valence-corrected chi connectivity index (χ1v) is 8.07. The van der Waals surface area contributed by atoms with Gasteiger partial charge in [-0.05, 0) is 24.3 Å². The molecule has 0 atom stereocenters. The van der Waals surface area contributed by atoms with Gasteiger partial charge in [-0.1, -0.05) is 12.1 Å². The van der Waals surface area contributed by atoms with Crippen molar-refractivity contribution in [1.82, 2.24) is 15.0 Å². The van der Waals surface area contributed by atoms with E-state index in [4.69, 9.17) is 4.42 Å². The van der Waals surface area contributed by atoms with Crippen molar-refractivity contribution >= 4 is 21.8 Å². The van der Waals surface area contributed by atoms with Crippen LogP contribution in [0.25, 0.3) is 44.4 Å². The van der Waals surface area contributed by atoms with Gasteiger partial charge < -0.3 is 9.40 Å². The third kappa shape index (κ3) is 2.32. The molecule has 0 bridgehead atoms. The smallest absolute Gasteiger partial charge is 0.196 e. The number of hydrogen-bond acceptors (Lipinski definition) is 3. The Kier molecular flexibility index (Phi) is 3.30. The molecular formula is C20H10F3N3O. The number of aromatic amines is 1. The monoisotopic (exact) mass is 365 g/mol. The van der Waals surface area contributed by atoms with Crippen LogP contribution in [0.4, 0.5) is 13.2 Å². The first-order chi connectivity index (χ1) is 13.1. The van der Waals surface area contributed by atoms with Crippen LogP contribution < -0.4 is 0 Å². The molecule has 3 aromatic heterocycles. The molecule has 0 amide bonds. The van der Waals surface area contributed by atoms with Gasteiger partial charge in [-0.3, -0.25) is 0 Å². The van der Waals surface area contributed by atoms with E-state index >= 15 is 0 Å². The van der Waals surface area contributed by atoms with Gasteiger partial charge in [0.1, 0.15) is 0 Å². The van der Waals surface area contributed by atoms with Crippen LogP contribution in [-0.4, -0.2) is 15.0 Å². The molecular weight excluding hydrogens is 355 g/mol. The number of aromatic nitrogens is 3. The molecule has 5 aromatic rings. The second kappa shape index (κ2) is 5.70. The van der Waals surface area contributed by atoms with Gasteiger partial charge in [0.2, 0.25) is 0 Å². The number of pyridine rings is 1. The van der Waals surface area contributed by atoms with Crippen molar-refractivity contribution in [1.29, 1.82) is 0 Å². The Morgan fingerprint density at radius 3 is 2.63 bits per heavy atom. The molecule has 4 nitrogen and oxygen atoms in total. The van der Waals surface area contributed by atoms with Crippen LogP contribution in [0, 0.1) is 17.5 Å². The third-order valence-electron chi connectivity index (χ3n) is 4.52. The maximum Gasteiger partial charge on any atom is 0.196 e. The van der Waals surface area contributed by atoms with Gasteiger partial charge in [0, 0.05) is 28.1 Å². The maximum absolute atomic E-state index is 14.0. The minimum Gasteiger partial charge on any atom is -0.443 e. The van der Waals surface area contributed by atoms with Gasteiger partial charge in [-0.2, -0.15) is 0 Å². The normalized spacial score (nSPS) is 11.5. The number of nitrogens with zero attached hydrogens (tertiary/aromatic N) is 2. The molecule has 0 radical (unpaired) electrons. The number of hydrogen-bond donors (Lipinski definition) is 1. The minimum atomic E-state index is -1.50. The van der Waals surface area contributed by atoms with Crippen molar-refractivity contribution in [3.8, 4) is 22.6 Å².